The molecule has 1 aromatic carbocycles. The van der Waals surface area contributed by atoms with Gasteiger partial charge in [0.2, 0.25) is 11.9 Å². The zero-order chi connectivity index (χ0) is 13.9. The number of carbonyl (C=O) groups is 1. The van der Waals surface area contributed by atoms with E-state index in [1.165, 1.54) is 0 Å². The van der Waals surface area contributed by atoms with E-state index < -0.39 is 0 Å². The van der Waals surface area contributed by atoms with Crippen LogP contribution < -0.4 is 10.2 Å². The molecule has 2 heterocycles. The minimum Gasteiger partial charge on any atom is -0.339 e. The molecule has 0 radical (unpaired) electrons. The van der Waals surface area contributed by atoms with Crippen LogP contribution >= 0.6 is 0 Å². The van der Waals surface area contributed by atoms with Crippen LogP contribution in [0.15, 0.2) is 24.3 Å². The van der Waals surface area contributed by atoms with Crippen molar-refractivity contribution in [3.8, 4) is 0 Å². The van der Waals surface area contributed by atoms with Crippen LogP contribution in [-0.4, -0.2) is 60.5 Å². The molecule has 0 saturated carbocycles. The molecule has 1 saturated heterocycles. The summed E-state index contributed by atoms with van der Waals surface area (Å²) in [6.45, 7) is 3.67. The summed E-state index contributed by atoms with van der Waals surface area (Å²) in [4.78, 5) is 23.7. The Balaban J connectivity index is 1.68. The van der Waals surface area contributed by atoms with Gasteiger partial charge in [-0.3, -0.25) is 4.79 Å². The molecule has 0 unspecified atom stereocenters. The summed E-state index contributed by atoms with van der Waals surface area (Å²) in [7, 11) is 1.89. The minimum atomic E-state index is 0.148. The van der Waals surface area contributed by atoms with Crippen LogP contribution in [0.1, 0.15) is 0 Å². The van der Waals surface area contributed by atoms with Crippen LogP contribution in [0.25, 0.3) is 11.0 Å². The maximum atomic E-state index is 12.2. The Morgan fingerprint density at radius 2 is 2.10 bits per heavy atom. The molecule has 1 aromatic heterocycles. The first-order valence-corrected chi connectivity index (χ1v) is 6.88. The standard InChI is InChI=1S/C14H19N5O/c1-18(10-13(20)19-8-6-15-7-9-19)14-16-11-4-2-3-5-12(11)17-14/h2-5,15H,6-10H2,1H3,(H,16,17). The number of aromatic amines is 1. The molecular formula is C14H19N5O. The number of imidazole rings is 1. The van der Waals surface area contributed by atoms with Gasteiger partial charge >= 0.3 is 0 Å². The normalized spacial score (nSPS) is 15.6. The molecule has 0 bridgehead atoms. The highest BCUT2D eigenvalue weighted by Crippen LogP contribution is 2.15. The molecule has 0 spiro atoms. The van der Waals surface area contributed by atoms with E-state index in [0.717, 1.165) is 43.2 Å². The zero-order valence-electron chi connectivity index (χ0n) is 11.6. The molecule has 0 aliphatic carbocycles. The lowest BCUT2D eigenvalue weighted by molar-refractivity contribution is -0.130. The fourth-order valence-corrected chi connectivity index (χ4v) is 2.41. The molecule has 1 amide bonds. The molecular weight excluding hydrogens is 254 g/mol. The van der Waals surface area contributed by atoms with Crippen molar-refractivity contribution in [2.75, 3.05) is 44.7 Å². The summed E-state index contributed by atoms with van der Waals surface area (Å²) < 4.78 is 0. The number of para-hydroxylation sites is 2. The lowest BCUT2D eigenvalue weighted by Gasteiger charge is -2.29. The third-order valence-electron chi connectivity index (χ3n) is 3.58. The second kappa shape index (κ2) is 5.50. The van der Waals surface area contributed by atoms with Gasteiger partial charge in [0.05, 0.1) is 17.6 Å². The molecule has 1 aliphatic rings. The predicted molar refractivity (Wildman–Crippen MR) is 78.8 cm³/mol. The van der Waals surface area contributed by atoms with Gasteiger partial charge in [0.15, 0.2) is 0 Å². The third kappa shape index (κ3) is 2.60. The number of nitrogens with one attached hydrogen (secondary N) is 2. The summed E-state index contributed by atoms with van der Waals surface area (Å²) >= 11 is 0. The van der Waals surface area contributed by atoms with Crippen molar-refractivity contribution in [1.29, 1.82) is 0 Å². The molecule has 0 atom stereocenters. The third-order valence-corrected chi connectivity index (χ3v) is 3.58. The number of amides is 1. The quantitative estimate of drug-likeness (QED) is 0.851. The molecule has 2 aromatic rings. The Bertz CT molecular complexity index is 569. The molecule has 6 heteroatoms. The average Bonchev–Trinajstić information content (AvgIpc) is 2.92. The van der Waals surface area contributed by atoms with E-state index in [2.05, 4.69) is 15.3 Å². The topological polar surface area (TPSA) is 64.3 Å². The lowest BCUT2D eigenvalue weighted by atomic mass is 10.3. The summed E-state index contributed by atoms with van der Waals surface area (Å²) in [5.74, 6) is 0.879. The largest absolute Gasteiger partial charge is 0.339 e. The van der Waals surface area contributed by atoms with Crippen molar-refractivity contribution < 1.29 is 4.79 Å². The first kappa shape index (κ1) is 12.9. The molecule has 3 rings (SSSR count). The van der Waals surface area contributed by atoms with Gasteiger partial charge in [0.25, 0.3) is 0 Å². The summed E-state index contributed by atoms with van der Waals surface area (Å²) in [6.07, 6.45) is 0. The number of rotatable bonds is 3. The highest BCUT2D eigenvalue weighted by atomic mass is 16.2. The first-order valence-electron chi connectivity index (χ1n) is 6.88. The predicted octanol–water partition coefficient (Wildman–Crippen LogP) is 0.431. The van der Waals surface area contributed by atoms with E-state index in [9.17, 15) is 4.79 Å². The maximum Gasteiger partial charge on any atom is 0.242 e. The van der Waals surface area contributed by atoms with E-state index in [0.29, 0.717) is 6.54 Å². The fraction of sp³-hybridized carbons (Fsp3) is 0.429. The van der Waals surface area contributed by atoms with Gasteiger partial charge in [0, 0.05) is 33.2 Å². The van der Waals surface area contributed by atoms with Gasteiger partial charge in [-0.1, -0.05) is 12.1 Å². The van der Waals surface area contributed by atoms with Crippen LogP contribution in [0.4, 0.5) is 5.95 Å². The van der Waals surface area contributed by atoms with Crippen LogP contribution in [-0.2, 0) is 4.79 Å². The molecule has 1 fully saturated rings. The van der Waals surface area contributed by atoms with E-state index in [1.807, 2.05) is 41.1 Å². The van der Waals surface area contributed by atoms with Gasteiger partial charge in [0.1, 0.15) is 0 Å². The van der Waals surface area contributed by atoms with Crippen LogP contribution in [0.2, 0.25) is 0 Å². The van der Waals surface area contributed by atoms with E-state index in [-0.39, 0.29) is 5.91 Å². The SMILES string of the molecule is CN(CC(=O)N1CCNCC1)c1nc2ccccc2[nH]1. The van der Waals surface area contributed by atoms with Gasteiger partial charge in [-0.15, -0.1) is 0 Å². The Morgan fingerprint density at radius 1 is 1.35 bits per heavy atom. The van der Waals surface area contributed by atoms with Crippen LogP contribution in [0.3, 0.4) is 0 Å². The number of hydrogen-bond acceptors (Lipinski definition) is 4. The number of H-pyrrole nitrogens is 1. The second-order valence-electron chi connectivity index (χ2n) is 5.06. The summed E-state index contributed by atoms with van der Waals surface area (Å²) in [5, 5.41) is 3.25. The van der Waals surface area contributed by atoms with Crippen molar-refractivity contribution in [1.82, 2.24) is 20.2 Å². The number of carbonyl (C=O) groups excluding carboxylic acids is 1. The van der Waals surface area contributed by atoms with Crippen molar-refractivity contribution in [3.05, 3.63) is 24.3 Å². The van der Waals surface area contributed by atoms with E-state index >= 15 is 0 Å². The number of anilines is 1. The number of benzene rings is 1. The smallest absolute Gasteiger partial charge is 0.242 e. The molecule has 1 aliphatic heterocycles. The van der Waals surface area contributed by atoms with Crippen molar-refractivity contribution in [2.24, 2.45) is 0 Å². The molecule has 6 nitrogen and oxygen atoms in total. The Morgan fingerprint density at radius 3 is 2.85 bits per heavy atom. The number of fused-ring (bicyclic) bond motifs is 1. The van der Waals surface area contributed by atoms with E-state index in [4.69, 9.17) is 0 Å². The number of likely N-dealkylation sites (N-methyl/N-ethyl adjacent to an activating group) is 1. The monoisotopic (exact) mass is 273 g/mol. The first-order chi connectivity index (χ1) is 9.74. The average molecular weight is 273 g/mol. The Kier molecular flexibility index (Phi) is 3.56. The number of hydrogen-bond donors (Lipinski definition) is 2. The Hall–Kier alpha value is -2.08. The molecule has 2 N–H and O–H groups in total. The maximum absolute atomic E-state index is 12.2. The highest BCUT2D eigenvalue weighted by Gasteiger charge is 2.18. The number of nitrogens with zero attached hydrogens (tertiary/aromatic N) is 3. The fourth-order valence-electron chi connectivity index (χ4n) is 2.41. The highest BCUT2D eigenvalue weighted by molar-refractivity contribution is 5.82. The summed E-state index contributed by atoms with van der Waals surface area (Å²) in [5.41, 5.74) is 1.91. The number of aromatic nitrogens is 2. The van der Waals surface area contributed by atoms with Crippen molar-refractivity contribution in [2.45, 2.75) is 0 Å². The zero-order valence-corrected chi connectivity index (χ0v) is 11.6. The molecule has 106 valence electrons. The van der Waals surface area contributed by atoms with Gasteiger partial charge < -0.3 is 20.1 Å². The van der Waals surface area contributed by atoms with Gasteiger partial charge in [-0.05, 0) is 12.1 Å². The molecule has 20 heavy (non-hydrogen) atoms. The summed E-state index contributed by atoms with van der Waals surface area (Å²) in [6, 6.07) is 7.87. The van der Waals surface area contributed by atoms with Crippen molar-refractivity contribution in [3.63, 3.8) is 0 Å². The van der Waals surface area contributed by atoms with Crippen molar-refractivity contribution >= 4 is 22.9 Å². The lowest BCUT2D eigenvalue weighted by Crippen LogP contribution is -2.49. The van der Waals surface area contributed by atoms with Gasteiger partial charge in [-0.2, -0.15) is 0 Å². The van der Waals surface area contributed by atoms with Gasteiger partial charge in [-0.25, -0.2) is 4.98 Å². The van der Waals surface area contributed by atoms with Crippen LogP contribution in [0.5, 0.6) is 0 Å². The minimum absolute atomic E-state index is 0.148. The van der Waals surface area contributed by atoms with Crippen LogP contribution in [0, 0.1) is 0 Å². The second-order valence-corrected chi connectivity index (χ2v) is 5.06. The Labute approximate surface area is 117 Å². The number of piperazine rings is 1. The van der Waals surface area contributed by atoms with E-state index in [1.54, 1.807) is 0 Å².